The molecule has 1 aliphatic rings. The van der Waals surface area contributed by atoms with Gasteiger partial charge in [0.25, 0.3) is 5.56 Å². The minimum absolute atomic E-state index is 0.234. The van der Waals surface area contributed by atoms with Gasteiger partial charge in [0.1, 0.15) is 5.65 Å². The lowest BCUT2D eigenvalue weighted by Gasteiger charge is -2.33. The number of aromatic nitrogens is 7. The number of nitrogens with one attached hydrogen (secondary N) is 2. The van der Waals surface area contributed by atoms with E-state index in [9.17, 15) is 4.79 Å². The first kappa shape index (κ1) is 27.2. The molecule has 0 radical (unpaired) electrons. The third-order valence-corrected chi connectivity index (χ3v) is 7.73. The first-order valence-electron chi connectivity index (χ1n) is 14.2. The lowest BCUT2D eigenvalue weighted by molar-refractivity contribution is 0.445. The van der Waals surface area contributed by atoms with Crippen LogP contribution in [-0.4, -0.2) is 60.0 Å². The van der Waals surface area contributed by atoms with E-state index >= 15 is 0 Å². The second kappa shape index (κ2) is 11.9. The Balaban J connectivity index is 1.33. The van der Waals surface area contributed by atoms with Crippen LogP contribution in [0.3, 0.4) is 0 Å². The zero-order valence-electron chi connectivity index (χ0n) is 24.1. The van der Waals surface area contributed by atoms with Crippen molar-refractivity contribution in [3.63, 3.8) is 0 Å². The van der Waals surface area contributed by atoms with Gasteiger partial charge in [0.15, 0.2) is 5.82 Å². The smallest absolute Gasteiger partial charge is 0.268 e. The molecule has 1 unspecified atom stereocenters. The monoisotopic (exact) mass is 562 g/mol. The Hall–Kier alpha value is -4.95. The molecule has 1 fully saturated rings. The number of likely N-dealkylation sites (N-methyl/N-ethyl adjacent to an activating group) is 1. The van der Waals surface area contributed by atoms with Crippen molar-refractivity contribution >= 4 is 28.4 Å². The highest BCUT2D eigenvalue weighted by molar-refractivity contribution is 5.77. The van der Waals surface area contributed by atoms with Gasteiger partial charge in [0.2, 0.25) is 5.95 Å². The molecule has 2 N–H and O–H groups in total. The molecule has 42 heavy (non-hydrogen) atoms. The van der Waals surface area contributed by atoms with Crippen LogP contribution in [0.1, 0.15) is 36.8 Å². The van der Waals surface area contributed by atoms with Crippen LogP contribution >= 0.6 is 0 Å². The third kappa shape index (κ3) is 5.62. The topological polar surface area (TPSA) is 111 Å². The van der Waals surface area contributed by atoms with Gasteiger partial charge in [-0.3, -0.25) is 14.0 Å². The van der Waals surface area contributed by atoms with E-state index in [4.69, 9.17) is 4.98 Å². The van der Waals surface area contributed by atoms with Gasteiger partial charge in [-0.25, -0.2) is 9.97 Å². The molecular formula is C31H34N10O. The molecule has 0 saturated carbocycles. The fourth-order valence-corrected chi connectivity index (χ4v) is 5.29. The first-order valence-corrected chi connectivity index (χ1v) is 14.2. The highest BCUT2D eigenvalue weighted by Crippen LogP contribution is 2.23. The third-order valence-electron chi connectivity index (χ3n) is 7.73. The average Bonchev–Trinajstić information content (AvgIpc) is 3.66. The van der Waals surface area contributed by atoms with Crippen LogP contribution < -0.4 is 21.1 Å². The number of aryl methyl sites for hydroxylation is 2. The summed E-state index contributed by atoms with van der Waals surface area (Å²) in [4.78, 5) is 29.7. The van der Waals surface area contributed by atoms with Crippen molar-refractivity contribution in [1.82, 2.24) is 39.2 Å². The minimum atomic E-state index is -0.234. The van der Waals surface area contributed by atoms with Crippen molar-refractivity contribution in [2.24, 2.45) is 7.05 Å². The van der Waals surface area contributed by atoms with E-state index in [2.05, 4.69) is 61.6 Å². The number of rotatable bonds is 7. The van der Waals surface area contributed by atoms with Crippen LogP contribution in [0, 0.1) is 11.8 Å². The molecule has 6 rings (SSSR count). The lowest BCUT2D eigenvalue weighted by Crippen LogP contribution is -2.44. The molecule has 5 heterocycles. The summed E-state index contributed by atoms with van der Waals surface area (Å²) >= 11 is 0. The quantitative estimate of drug-likeness (QED) is 0.291. The van der Waals surface area contributed by atoms with Crippen LogP contribution in [0.15, 0.2) is 66.0 Å². The number of nitrogens with zero attached hydrogens (tertiary/aromatic N) is 8. The summed E-state index contributed by atoms with van der Waals surface area (Å²) in [5.74, 6) is 7.02. The summed E-state index contributed by atoms with van der Waals surface area (Å²) in [6.07, 6.45) is 9.34. The number of anilines is 3. The maximum Gasteiger partial charge on any atom is 0.268 e. The summed E-state index contributed by atoms with van der Waals surface area (Å²) in [6.45, 7) is 5.10. The molecule has 1 aliphatic heterocycles. The number of imidazole rings is 1. The first-order chi connectivity index (χ1) is 20.5. The maximum absolute atomic E-state index is 13.8. The van der Waals surface area contributed by atoms with E-state index < -0.39 is 0 Å². The fraction of sp³-hybridized carbons (Fsp3) is 0.323. The molecule has 1 saturated heterocycles. The van der Waals surface area contributed by atoms with Crippen LogP contribution in [0.25, 0.3) is 11.0 Å². The Kier molecular flexibility index (Phi) is 7.70. The van der Waals surface area contributed by atoms with Gasteiger partial charge in [0, 0.05) is 74.8 Å². The van der Waals surface area contributed by atoms with Gasteiger partial charge >= 0.3 is 0 Å². The van der Waals surface area contributed by atoms with Gasteiger partial charge in [-0.15, -0.1) is 0 Å². The normalized spacial score (nSPS) is 14.9. The molecule has 1 atom stereocenters. The Bertz CT molecular complexity index is 1820. The Morgan fingerprint density at radius 3 is 2.74 bits per heavy atom. The number of pyridine rings is 1. The maximum atomic E-state index is 13.8. The Labute approximate surface area is 244 Å². The number of piperidine rings is 1. The van der Waals surface area contributed by atoms with Crippen LogP contribution in [0.4, 0.5) is 17.3 Å². The molecule has 0 amide bonds. The van der Waals surface area contributed by atoms with Crippen molar-refractivity contribution in [1.29, 1.82) is 0 Å². The van der Waals surface area contributed by atoms with Gasteiger partial charge in [0.05, 0.1) is 17.8 Å². The van der Waals surface area contributed by atoms with E-state index in [0.717, 1.165) is 30.2 Å². The molecule has 1 aromatic carbocycles. The number of benzene rings is 1. The van der Waals surface area contributed by atoms with Gasteiger partial charge in [-0.2, -0.15) is 10.1 Å². The van der Waals surface area contributed by atoms with E-state index in [1.165, 1.54) is 12.8 Å². The zero-order chi connectivity index (χ0) is 29.1. The number of hydrogen-bond donors (Lipinski definition) is 2. The predicted octanol–water partition coefficient (Wildman–Crippen LogP) is 3.12. The summed E-state index contributed by atoms with van der Waals surface area (Å²) < 4.78 is 5.32. The molecule has 5 aromatic rings. The molecule has 0 aliphatic carbocycles. The molecule has 214 valence electrons. The van der Waals surface area contributed by atoms with Crippen molar-refractivity contribution in [2.45, 2.75) is 38.9 Å². The van der Waals surface area contributed by atoms with Crippen LogP contribution in [-0.2, 0) is 20.1 Å². The van der Waals surface area contributed by atoms with E-state index in [1.807, 2.05) is 47.6 Å². The van der Waals surface area contributed by atoms with E-state index in [0.29, 0.717) is 47.5 Å². The highest BCUT2D eigenvalue weighted by atomic mass is 16.1. The fourth-order valence-electron chi connectivity index (χ4n) is 5.29. The number of fused-ring (bicyclic) bond motifs is 1. The van der Waals surface area contributed by atoms with Crippen molar-refractivity contribution in [3.05, 3.63) is 88.6 Å². The zero-order valence-corrected chi connectivity index (χ0v) is 24.1. The lowest BCUT2D eigenvalue weighted by atomic mass is 10.1. The summed E-state index contributed by atoms with van der Waals surface area (Å²) in [5, 5.41) is 11.9. The molecule has 0 bridgehead atoms. The van der Waals surface area contributed by atoms with Gasteiger partial charge < -0.3 is 20.1 Å². The SMILES string of the molecule is CCn1nccc1Cn1c(=O)c(C#Cc2nccn2C)cc2cnc(Nc3ccc(N(C)C4CCCNC4)cc3)nc21. The van der Waals surface area contributed by atoms with Gasteiger partial charge in [-0.05, 0) is 68.6 Å². The molecule has 11 heteroatoms. The predicted molar refractivity (Wildman–Crippen MR) is 164 cm³/mol. The Morgan fingerprint density at radius 2 is 2.00 bits per heavy atom. The van der Waals surface area contributed by atoms with Crippen LogP contribution in [0.5, 0.6) is 0 Å². The van der Waals surface area contributed by atoms with E-state index in [-0.39, 0.29) is 5.56 Å². The summed E-state index contributed by atoms with van der Waals surface area (Å²) in [6, 6.07) is 12.4. The Morgan fingerprint density at radius 1 is 1.14 bits per heavy atom. The van der Waals surface area contributed by atoms with Crippen molar-refractivity contribution < 1.29 is 0 Å². The van der Waals surface area contributed by atoms with E-state index in [1.54, 1.807) is 29.2 Å². The minimum Gasteiger partial charge on any atom is -0.370 e. The molecular weight excluding hydrogens is 528 g/mol. The summed E-state index contributed by atoms with van der Waals surface area (Å²) in [7, 11) is 4.01. The average molecular weight is 563 g/mol. The number of hydrogen-bond acceptors (Lipinski definition) is 8. The summed E-state index contributed by atoms with van der Waals surface area (Å²) in [5.41, 5.74) is 3.56. The highest BCUT2D eigenvalue weighted by Gasteiger charge is 2.18. The second-order valence-electron chi connectivity index (χ2n) is 10.5. The molecule has 11 nitrogen and oxygen atoms in total. The molecule has 4 aromatic heterocycles. The van der Waals surface area contributed by atoms with Crippen molar-refractivity contribution in [2.75, 3.05) is 30.4 Å². The van der Waals surface area contributed by atoms with Crippen molar-refractivity contribution in [3.8, 4) is 11.8 Å². The van der Waals surface area contributed by atoms with Crippen LogP contribution in [0.2, 0.25) is 0 Å². The largest absolute Gasteiger partial charge is 0.370 e. The van der Waals surface area contributed by atoms with Gasteiger partial charge in [-0.1, -0.05) is 5.92 Å². The second-order valence-corrected chi connectivity index (χ2v) is 10.5. The molecule has 0 spiro atoms. The standard InChI is InChI=1S/C31H34N10O/c1-4-41-27(13-15-35-41)21-40-29-23(18-22(30(40)42)7-12-28-33-16-17-38(28)2)19-34-31(37-29)36-24-8-10-25(11-9-24)39(3)26-6-5-14-32-20-26/h8-11,13,15-19,26,32H,4-6,14,20-21H2,1-3H3,(H,34,36,37).